The predicted octanol–water partition coefficient (Wildman–Crippen LogP) is 3.45. The summed E-state index contributed by atoms with van der Waals surface area (Å²) in [6.07, 6.45) is 0. The van der Waals surface area contributed by atoms with E-state index < -0.39 is 36.6 Å². The summed E-state index contributed by atoms with van der Waals surface area (Å²) < 4.78 is 24.7. The number of anilines is 1. The normalized spacial score (nSPS) is 24.1. The zero-order chi connectivity index (χ0) is 24.7. The van der Waals surface area contributed by atoms with Crippen LogP contribution in [0.15, 0.2) is 42.5 Å². The van der Waals surface area contributed by atoms with Crippen LogP contribution in [-0.4, -0.2) is 42.5 Å². The maximum atomic E-state index is 13.2. The molecule has 2 aromatic rings. The summed E-state index contributed by atoms with van der Waals surface area (Å²) in [6.45, 7) is 16.8. The minimum absolute atomic E-state index is 0.00106. The average molecular weight is 461 g/mol. The third-order valence-corrected chi connectivity index (χ3v) is 8.19. The Balaban J connectivity index is 1.33. The summed E-state index contributed by atoms with van der Waals surface area (Å²) in [5.41, 5.74) is 2.82. The highest BCUT2D eigenvalue weighted by atomic mass is 16.7. The van der Waals surface area contributed by atoms with Crippen LogP contribution in [0.25, 0.3) is 0 Å². The Labute approximate surface area is 203 Å². The fourth-order valence-corrected chi connectivity index (χ4v) is 4.47. The van der Waals surface area contributed by atoms with E-state index in [9.17, 15) is 4.79 Å². The first-order chi connectivity index (χ1) is 15.7. The molecule has 3 aliphatic heterocycles. The molecule has 0 unspecified atom stereocenters. The lowest BCUT2D eigenvalue weighted by molar-refractivity contribution is 0.00578. The second-order valence-corrected chi connectivity index (χ2v) is 11.6. The molecule has 3 aliphatic rings. The topological polar surface area (TPSA) is 57.2 Å². The maximum Gasteiger partial charge on any atom is 0.494 e. The Morgan fingerprint density at radius 3 is 1.62 bits per heavy atom. The highest BCUT2D eigenvalue weighted by molar-refractivity contribution is 6.62. The van der Waals surface area contributed by atoms with Crippen LogP contribution in [0.5, 0.6) is 0 Å². The van der Waals surface area contributed by atoms with Gasteiger partial charge in [-0.2, -0.15) is 0 Å². The monoisotopic (exact) mass is 461 g/mol. The third-order valence-electron chi connectivity index (χ3n) is 8.19. The molecule has 0 saturated carbocycles. The Morgan fingerprint density at radius 2 is 1.12 bits per heavy atom. The highest BCUT2D eigenvalue weighted by Crippen LogP contribution is 2.38. The minimum Gasteiger partial charge on any atom is -0.399 e. The van der Waals surface area contributed by atoms with Gasteiger partial charge < -0.3 is 23.5 Å². The van der Waals surface area contributed by atoms with E-state index in [-0.39, 0.29) is 5.91 Å². The van der Waals surface area contributed by atoms with Gasteiger partial charge in [0, 0.05) is 11.3 Å². The van der Waals surface area contributed by atoms with Crippen molar-refractivity contribution in [1.29, 1.82) is 0 Å². The maximum absolute atomic E-state index is 13.2. The van der Waals surface area contributed by atoms with Crippen LogP contribution < -0.4 is 15.8 Å². The van der Waals surface area contributed by atoms with Gasteiger partial charge in [0.25, 0.3) is 5.91 Å². The molecule has 0 atom stereocenters. The molecule has 2 saturated heterocycles. The molecule has 0 aliphatic carbocycles. The van der Waals surface area contributed by atoms with Crippen LogP contribution in [0.4, 0.5) is 5.69 Å². The van der Waals surface area contributed by atoms with Crippen LogP contribution >= 0.6 is 0 Å². The number of carbonyl (C=O) groups is 1. The van der Waals surface area contributed by atoms with E-state index in [4.69, 9.17) is 18.6 Å². The van der Waals surface area contributed by atoms with Crippen molar-refractivity contribution in [1.82, 2.24) is 0 Å². The number of carbonyl (C=O) groups excluding carboxylic acids is 1. The first-order valence-corrected chi connectivity index (χ1v) is 12.0. The summed E-state index contributed by atoms with van der Waals surface area (Å²) in [6, 6.07) is 13.7. The number of rotatable bonds is 3. The molecule has 5 rings (SSSR count). The van der Waals surface area contributed by atoms with Crippen molar-refractivity contribution in [2.45, 2.75) is 84.3 Å². The van der Waals surface area contributed by atoms with E-state index in [1.54, 1.807) is 4.90 Å². The molecule has 1 amide bonds. The number of hydrogen-bond donors (Lipinski definition) is 0. The summed E-state index contributed by atoms with van der Waals surface area (Å²) >= 11 is 0. The van der Waals surface area contributed by atoms with Gasteiger partial charge in [0.05, 0.1) is 28.9 Å². The SMILES string of the molecule is CC1(C)OB(c2ccc(N3Cc4cc(B5OC(C)(C)C(C)(C)O5)ccc4C3=O)cc2)OC1(C)C. The zero-order valence-electron chi connectivity index (χ0n) is 21.4. The van der Waals surface area contributed by atoms with E-state index in [2.05, 4.69) is 0 Å². The Morgan fingerprint density at radius 1 is 0.676 bits per heavy atom. The van der Waals surface area contributed by atoms with Crippen molar-refractivity contribution in [3.8, 4) is 0 Å². The van der Waals surface area contributed by atoms with Gasteiger partial charge in [-0.25, -0.2) is 0 Å². The standard InChI is InChI=1S/C26H33B2NO5/c1-23(2)24(3,4)32-27(31-23)18-9-12-20(13-10-18)29-16-17-15-19(11-14-21(17)22(29)30)28-33-25(5,6)26(7,8)34-28/h9-15H,16H2,1-8H3. The van der Waals surface area contributed by atoms with E-state index in [0.717, 1.165) is 27.7 Å². The van der Waals surface area contributed by atoms with Crippen molar-refractivity contribution in [2.24, 2.45) is 0 Å². The molecule has 2 aromatic carbocycles. The first-order valence-electron chi connectivity index (χ1n) is 12.0. The zero-order valence-corrected chi connectivity index (χ0v) is 21.4. The summed E-state index contributed by atoms with van der Waals surface area (Å²) in [5, 5.41) is 0. The van der Waals surface area contributed by atoms with Gasteiger partial charge >= 0.3 is 14.2 Å². The lowest BCUT2D eigenvalue weighted by Crippen LogP contribution is -2.41. The first kappa shape index (κ1) is 23.6. The van der Waals surface area contributed by atoms with E-state index >= 15 is 0 Å². The predicted molar refractivity (Wildman–Crippen MR) is 135 cm³/mol. The van der Waals surface area contributed by atoms with Crippen LogP contribution in [0, 0.1) is 0 Å². The minimum atomic E-state index is -0.446. The van der Waals surface area contributed by atoms with Crippen LogP contribution in [0.1, 0.15) is 71.3 Å². The molecule has 8 heteroatoms. The van der Waals surface area contributed by atoms with Crippen LogP contribution in [0.3, 0.4) is 0 Å². The number of hydrogen-bond acceptors (Lipinski definition) is 5. The molecule has 0 bridgehead atoms. The van der Waals surface area contributed by atoms with Gasteiger partial charge in [0.15, 0.2) is 0 Å². The molecule has 3 heterocycles. The second kappa shape index (κ2) is 7.44. The molecule has 0 radical (unpaired) electrons. The van der Waals surface area contributed by atoms with Crippen molar-refractivity contribution in [3.63, 3.8) is 0 Å². The summed E-state index contributed by atoms with van der Waals surface area (Å²) in [4.78, 5) is 15.0. The second-order valence-electron chi connectivity index (χ2n) is 11.6. The van der Waals surface area contributed by atoms with E-state index in [1.807, 2.05) is 97.9 Å². The summed E-state index contributed by atoms with van der Waals surface area (Å²) in [7, 11) is -0.869. The number of amides is 1. The smallest absolute Gasteiger partial charge is 0.399 e. The average Bonchev–Trinajstić information content (AvgIpc) is 3.27. The molecule has 178 valence electrons. The summed E-state index contributed by atoms with van der Waals surface area (Å²) in [5.74, 6) is -0.00106. The number of benzene rings is 2. The molecular formula is C26H33B2NO5. The van der Waals surface area contributed by atoms with Crippen molar-refractivity contribution in [2.75, 3.05) is 4.90 Å². The molecule has 34 heavy (non-hydrogen) atoms. The lowest BCUT2D eigenvalue weighted by atomic mass is 9.78. The fourth-order valence-electron chi connectivity index (χ4n) is 4.47. The van der Waals surface area contributed by atoms with Crippen molar-refractivity contribution < 1.29 is 23.4 Å². The van der Waals surface area contributed by atoms with Crippen LogP contribution in [0.2, 0.25) is 0 Å². The molecule has 6 nitrogen and oxygen atoms in total. The van der Waals surface area contributed by atoms with Crippen molar-refractivity contribution in [3.05, 3.63) is 53.6 Å². The van der Waals surface area contributed by atoms with E-state index in [0.29, 0.717) is 6.54 Å². The largest absolute Gasteiger partial charge is 0.494 e. The molecule has 2 fully saturated rings. The molecule has 0 N–H and O–H groups in total. The quantitative estimate of drug-likeness (QED) is 0.656. The Kier molecular flexibility index (Phi) is 5.17. The van der Waals surface area contributed by atoms with Gasteiger partial charge in [0.1, 0.15) is 0 Å². The van der Waals surface area contributed by atoms with Crippen molar-refractivity contribution >= 4 is 36.8 Å². The van der Waals surface area contributed by atoms with Gasteiger partial charge in [-0.15, -0.1) is 0 Å². The van der Waals surface area contributed by atoms with Gasteiger partial charge in [0.2, 0.25) is 0 Å². The van der Waals surface area contributed by atoms with Gasteiger partial charge in [-0.3, -0.25) is 4.79 Å². The fraction of sp³-hybridized carbons (Fsp3) is 0.500. The van der Waals surface area contributed by atoms with Gasteiger partial charge in [-0.1, -0.05) is 24.3 Å². The molecule has 0 spiro atoms. The number of fused-ring (bicyclic) bond motifs is 1. The molecular weight excluding hydrogens is 428 g/mol. The highest BCUT2D eigenvalue weighted by Gasteiger charge is 2.53. The van der Waals surface area contributed by atoms with E-state index in [1.165, 1.54) is 0 Å². The Hall–Kier alpha value is -2.12. The lowest BCUT2D eigenvalue weighted by Gasteiger charge is -2.32. The molecule has 0 aromatic heterocycles. The third kappa shape index (κ3) is 3.63. The van der Waals surface area contributed by atoms with Crippen LogP contribution in [-0.2, 0) is 25.2 Å². The van der Waals surface area contributed by atoms with Gasteiger partial charge in [-0.05, 0) is 90.1 Å². The Bertz CT molecular complexity index is 1110. The number of nitrogens with zero attached hydrogens (tertiary/aromatic N) is 1.